The quantitative estimate of drug-likeness (QED) is 0.518. The Balaban J connectivity index is 0.000000222. The molecule has 0 amide bonds. The first-order valence-electron chi connectivity index (χ1n) is 6.90. The van der Waals surface area contributed by atoms with Crippen LogP contribution in [0.15, 0.2) is 0 Å². The average molecular weight is 196 g/mol. The summed E-state index contributed by atoms with van der Waals surface area (Å²) in [6.45, 7) is 8.00. The minimum Gasteiger partial charge on any atom is -0.0683 e. The van der Waals surface area contributed by atoms with Crippen LogP contribution in [-0.4, -0.2) is 0 Å². The van der Waals surface area contributed by atoms with Crippen LogP contribution >= 0.6 is 0 Å². The number of hydrogen-bond acceptors (Lipinski definition) is 0. The highest BCUT2D eigenvalue weighted by Crippen LogP contribution is 2.53. The Kier molecular flexibility index (Phi) is 4.98. The van der Waals surface area contributed by atoms with Crippen LogP contribution < -0.4 is 0 Å². The van der Waals surface area contributed by atoms with Gasteiger partial charge in [0.25, 0.3) is 0 Å². The van der Waals surface area contributed by atoms with Crippen molar-refractivity contribution in [1.29, 1.82) is 0 Å². The van der Waals surface area contributed by atoms with Gasteiger partial charge in [0.1, 0.15) is 0 Å². The monoisotopic (exact) mass is 196 g/mol. The van der Waals surface area contributed by atoms with E-state index >= 15 is 0 Å². The molecule has 0 aromatic carbocycles. The Bertz CT molecular complexity index is 91.6. The zero-order chi connectivity index (χ0) is 10.6. The largest absolute Gasteiger partial charge is 0.0683 e. The Labute approximate surface area is 90.5 Å². The third-order valence-electron chi connectivity index (χ3n) is 4.00. The van der Waals surface area contributed by atoms with Gasteiger partial charge in [-0.1, -0.05) is 27.7 Å². The summed E-state index contributed by atoms with van der Waals surface area (Å²) in [5.74, 6) is 4.71. The van der Waals surface area contributed by atoms with Gasteiger partial charge < -0.3 is 0 Å². The number of hydrogen-bond donors (Lipinski definition) is 0. The highest BCUT2D eigenvalue weighted by atomic mass is 14.5. The number of rotatable bonds is 0. The van der Waals surface area contributed by atoms with Crippen molar-refractivity contribution >= 4 is 0 Å². The summed E-state index contributed by atoms with van der Waals surface area (Å²) in [5, 5.41) is 0. The van der Waals surface area contributed by atoms with Crippen LogP contribution in [0, 0.1) is 23.7 Å². The summed E-state index contributed by atoms with van der Waals surface area (Å²) >= 11 is 0. The maximum atomic E-state index is 2.00. The lowest BCUT2D eigenvalue weighted by atomic mass is 9.56. The van der Waals surface area contributed by atoms with E-state index in [9.17, 15) is 0 Å². The first-order valence-corrected chi connectivity index (χ1v) is 6.90. The second kappa shape index (κ2) is 5.78. The van der Waals surface area contributed by atoms with E-state index in [1.165, 1.54) is 23.7 Å². The zero-order valence-corrected chi connectivity index (χ0v) is 10.6. The van der Waals surface area contributed by atoms with Crippen LogP contribution in [0.3, 0.4) is 0 Å². The lowest BCUT2D eigenvalue weighted by molar-refractivity contribution is 0.0198. The summed E-state index contributed by atoms with van der Waals surface area (Å²) in [5.41, 5.74) is 0. The normalized spacial score (nSPS) is 42.0. The standard InChI is InChI=1S/C10H16.2C2H6/c1-7-2-9-4-8(1)5-10(3-7)6-9;2*1-2/h7-10H,1-6H2;2*1-2H3. The molecule has 14 heavy (non-hydrogen) atoms. The molecule has 4 aliphatic carbocycles. The van der Waals surface area contributed by atoms with Gasteiger partial charge in [-0.3, -0.25) is 0 Å². The SMILES string of the molecule is C1C2CC3CC1CC(C2)C3.CC.CC. The minimum absolute atomic E-state index is 1.18. The van der Waals surface area contributed by atoms with E-state index in [-0.39, 0.29) is 0 Å². The molecule has 0 unspecified atom stereocenters. The Morgan fingerprint density at radius 1 is 0.429 bits per heavy atom. The van der Waals surface area contributed by atoms with Crippen LogP contribution in [0.1, 0.15) is 66.2 Å². The van der Waals surface area contributed by atoms with Gasteiger partial charge in [0.05, 0.1) is 0 Å². The van der Waals surface area contributed by atoms with E-state index in [0.29, 0.717) is 0 Å². The van der Waals surface area contributed by atoms with Crippen LogP contribution in [0.2, 0.25) is 0 Å². The summed E-state index contributed by atoms with van der Waals surface area (Å²) < 4.78 is 0. The van der Waals surface area contributed by atoms with Crippen molar-refractivity contribution in [2.24, 2.45) is 23.7 Å². The molecule has 0 heteroatoms. The molecule has 0 heterocycles. The van der Waals surface area contributed by atoms with Gasteiger partial charge in [0.15, 0.2) is 0 Å². The van der Waals surface area contributed by atoms with E-state index < -0.39 is 0 Å². The summed E-state index contributed by atoms with van der Waals surface area (Å²) in [4.78, 5) is 0. The molecule has 0 aromatic heterocycles. The van der Waals surface area contributed by atoms with E-state index in [1.807, 2.05) is 27.7 Å². The van der Waals surface area contributed by atoms with E-state index in [0.717, 1.165) is 0 Å². The van der Waals surface area contributed by atoms with Crippen molar-refractivity contribution < 1.29 is 0 Å². The molecular weight excluding hydrogens is 168 g/mol. The predicted octanol–water partition coefficient (Wildman–Crippen LogP) is 4.89. The smallest absolute Gasteiger partial charge is 0.0406 e. The second-order valence-corrected chi connectivity index (χ2v) is 4.88. The van der Waals surface area contributed by atoms with Crippen molar-refractivity contribution in [3.8, 4) is 0 Å². The summed E-state index contributed by atoms with van der Waals surface area (Å²) in [6.07, 6.45) is 9.62. The third kappa shape index (κ3) is 2.52. The molecule has 0 nitrogen and oxygen atoms in total. The van der Waals surface area contributed by atoms with Gasteiger partial charge >= 0.3 is 0 Å². The van der Waals surface area contributed by atoms with Gasteiger partial charge in [-0.25, -0.2) is 0 Å². The predicted molar refractivity (Wildman–Crippen MR) is 64.4 cm³/mol. The Morgan fingerprint density at radius 3 is 0.714 bits per heavy atom. The maximum Gasteiger partial charge on any atom is -0.0406 e. The van der Waals surface area contributed by atoms with Gasteiger partial charge in [-0.15, -0.1) is 0 Å². The molecule has 0 saturated heterocycles. The fourth-order valence-electron chi connectivity index (χ4n) is 3.98. The summed E-state index contributed by atoms with van der Waals surface area (Å²) in [7, 11) is 0. The Morgan fingerprint density at radius 2 is 0.571 bits per heavy atom. The van der Waals surface area contributed by atoms with Gasteiger partial charge in [-0.2, -0.15) is 0 Å². The molecule has 0 radical (unpaired) electrons. The molecule has 4 rings (SSSR count). The van der Waals surface area contributed by atoms with Gasteiger partial charge in [-0.05, 0) is 62.2 Å². The van der Waals surface area contributed by atoms with E-state index in [1.54, 1.807) is 38.5 Å². The molecule has 4 fully saturated rings. The van der Waals surface area contributed by atoms with Crippen molar-refractivity contribution in [1.82, 2.24) is 0 Å². The average Bonchev–Trinajstić information content (AvgIpc) is 2.22. The molecule has 0 N–H and O–H groups in total. The molecule has 0 spiro atoms. The molecule has 4 bridgehead atoms. The van der Waals surface area contributed by atoms with Crippen LogP contribution in [-0.2, 0) is 0 Å². The molecule has 0 aliphatic heterocycles. The van der Waals surface area contributed by atoms with Crippen molar-refractivity contribution in [3.63, 3.8) is 0 Å². The lowest BCUT2D eigenvalue weighted by Gasteiger charge is -2.49. The van der Waals surface area contributed by atoms with Crippen LogP contribution in [0.4, 0.5) is 0 Å². The van der Waals surface area contributed by atoms with Crippen molar-refractivity contribution in [2.75, 3.05) is 0 Å². The first-order chi connectivity index (χ1) is 6.90. The van der Waals surface area contributed by atoms with Crippen molar-refractivity contribution in [3.05, 3.63) is 0 Å². The lowest BCUT2D eigenvalue weighted by Crippen LogP contribution is -2.38. The molecule has 4 saturated carbocycles. The highest BCUT2D eigenvalue weighted by molar-refractivity contribution is 4.92. The Hall–Kier alpha value is 0. The molecule has 0 aromatic rings. The van der Waals surface area contributed by atoms with E-state index in [4.69, 9.17) is 0 Å². The van der Waals surface area contributed by atoms with Crippen molar-refractivity contribution in [2.45, 2.75) is 66.2 Å². The van der Waals surface area contributed by atoms with Gasteiger partial charge in [0.2, 0.25) is 0 Å². The fourth-order valence-corrected chi connectivity index (χ4v) is 3.98. The second-order valence-electron chi connectivity index (χ2n) is 4.88. The third-order valence-corrected chi connectivity index (χ3v) is 4.00. The summed E-state index contributed by atoms with van der Waals surface area (Å²) in [6, 6.07) is 0. The highest BCUT2D eigenvalue weighted by Gasteiger charge is 2.41. The topological polar surface area (TPSA) is 0 Å². The van der Waals surface area contributed by atoms with E-state index in [2.05, 4.69) is 0 Å². The van der Waals surface area contributed by atoms with Crippen LogP contribution in [0.25, 0.3) is 0 Å². The molecule has 4 aliphatic rings. The maximum absolute atomic E-state index is 2.00. The molecule has 84 valence electrons. The zero-order valence-electron chi connectivity index (χ0n) is 10.6. The van der Waals surface area contributed by atoms with Crippen LogP contribution in [0.5, 0.6) is 0 Å². The first kappa shape index (κ1) is 12.1. The molecule has 0 atom stereocenters. The van der Waals surface area contributed by atoms with Gasteiger partial charge in [0, 0.05) is 0 Å². The fraction of sp³-hybridized carbons (Fsp3) is 1.00. The minimum atomic E-state index is 1.18. The molecular formula is C14H28.